The highest BCUT2D eigenvalue weighted by atomic mass is 32.2. The SMILES string of the molecule is CCOC(=O)C1=C(O)C(=Cc2cc(OC)ccc2OC)SC1=Nc1ccc(OC)cc1OC. The average Bonchev–Trinajstić information content (AvgIpc) is 3.13. The fraction of sp³-hybridized carbons (Fsp3) is 0.250. The minimum Gasteiger partial charge on any atom is -0.506 e. The molecule has 0 saturated heterocycles. The summed E-state index contributed by atoms with van der Waals surface area (Å²) in [5, 5.41) is 11.2. The maximum absolute atomic E-state index is 12.7. The zero-order valence-electron chi connectivity index (χ0n) is 19.0. The van der Waals surface area contributed by atoms with Gasteiger partial charge < -0.3 is 28.8 Å². The van der Waals surface area contributed by atoms with Crippen LogP contribution in [0.4, 0.5) is 5.69 Å². The number of methoxy groups -OCH3 is 4. The monoisotopic (exact) mass is 471 g/mol. The molecule has 0 radical (unpaired) electrons. The van der Waals surface area contributed by atoms with Crippen molar-refractivity contribution in [2.45, 2.75) is 6.92 Å². The van der Waals surface area contributed by atoms with Crippen LogP contribution < -0.4 is 18.9 Å². The number of aliphatic hydroxyl groups is 1. The standard InChI is InChI=1S/C24H25NO7S/c1-6-32-24(27)21-22(26)20(12-14-11-15(28-2)8-10-18(14)30-4)33-23(21)25-17-9-7-16(29-3)13-19(17)31-5/h7-13,26H,6H2,1-5H3. The van der Waals surface area contributed by atoms with E-state index in [0.717, 1.165) is 11.8 Å². The summed E-state index contributed by atoms with van der Waals surface area (Å²) in [7, 11) is 6.18. The highest BCUT2D eigenvalue weighted by molar-refractivity contribution is 8.18. The van der Waals surface area contributed by atoms with E-state index in [9.17, 15) is 9.90 Å². The number of carbonyl (C=O) groups excluding carboxylic acids is 1. The molecule has 9 heteroatoms. The van der Waals surface area contributed by atoms with Gasteiger partial charge >= 0.3 is 5.97 Å². The van der Waals surface area contributed by atoms with Crippen molar-refractivity contribution >= 4 is 34.5 Å². The van der Waals surface area contributed by atoms with Crippen LogP contribution in [0.2, 0.25) is 0 Å². The number of thioether (sulfide) groups is 1. The number of hydrogen-bond donors (Lipinski definition) is 1. The van der Waals surface area contributed by atoms with Crippen molar-refractivity contribution in [2.75, 3.05) is 35.0 Å². The van der Waals surface area contributed by atoms with Crippen LogP contribution in [-0.4, -0.2) is 51.2 Å². The van der Waals surface area contributed by atoms with E-state index < -0.39 is 5.97 Å². The predicted octanol–water partition coefficient (Wildman–Crippen LogP) is 4.91. The third kappa shape index (κ3) is 5.25. The molecule has 1 heterocycles. The number of hydrogen-bond acceptors (Lipinski definition) is 9. The molecule has 0 fully saturated rings. The molecule has 2 aromatic carbocycles. The van der Waals surface area contributed by atoms with Crippen molar-refractivity contribution < 1.29 is 33.6 Å². The third-order valence-electron chi connectivity index (χ3n) is 4.70. The second kappa shape index (κ2) is 10.8. The Labute approximate surface area is 196 Å². The molecule has 0 aromatic heterocycles. The zero-order valence-corrected chi connectivity index (χ0v) is 19.8. The number of nitrogens with zero attached hydrogens (tertiary/aromatic N) is 1. The first-order chi connectivity index (χ1) is 15.9. The van der Waals surface area contributed by atoms with Crippen molar-refractivity contribution in [3.8, 4) is 23.0 Å². The van der Waals surface area contributed by atoms with Crippen LogP contribution in [0.5, 0.6) is 23.0 Å². The normalized spacial score (nSPS) is 15.7. The van der Waals surface area contributed by atoms with Gasteiger partial charge in [-0.05, 0) is 43.3 Å². The topological polar surface area (TPSA) is 95.8 Å². The largest absolute Gasteiger partial charge is 0.506 e. The molecule has 33 heavy (non-hydrogen) atoms. The molecule has 0 amide bonds. The highest BCUT2D eigenvalue weighted by Crippen LogP contribution is 2.43. The van der Waals surface area contributed by atoms with Gasteiger partial charge in [-0.15, -0.1) is 0 Å². The lowest BCUT2D eigenvalue weighted by Gasteiger charge is -2.09. The quantitative estimate of drug-likeness (QED) is 0.543. The van der Waals surface area contributed by atoms with Gasteiger partial charge in [-0.25, -0.2) is 9.79 Å². The second-order valence-electron chi connectivity index (χ2n) is 6.62. The van der Waals surface area contributed by atoms with Crippen LogP contribution >= 0.6 is 11.8 Å². The number of esters is 1. The van der Waals surface area contributed by atoms with E-state index >= 15 is 0 Å². The summed E-state index contributed by atoms with van der Waals surface area (Å²) < 4.78 is 26.5. The molecule has 2 aromatic rings. The molecule has 0 bridgehead atoms. The smallest absolute Gasteiger partial charge is 0.344 e. The number of aliphatic imine (C=N–C) groups is 1. The number of aliphatic hydroxyl groups excluding tert-OH is 1. The first-order valence-electron chi connectivity index (χ1n) is 9.99. The third-order valence-corrected chi connectivity index (χ3v) is 5.72. The molecular formula is C24H25NO7S. The van der Waals surface area contributed by atoms with Gasteiger partial charge in [0, 0.05) is 11.6 Å². The fourth-order valence-corrected chi connectivity index (χ4v) is 4.09. The van der Waals surface area contributed by atoms with Crippen molar-refractivity contribution in [1.29, 1.82) is 0 Å². The van der Waals surface area contributed by atoms with Crippen molar-refractivity contribution in [2.24, 2.45) is 4.99 Å². The zero-order chi connectivity index (χ0) is 24.0. The summed E-state index contributed by atoms with van der Waals surface area (Å²) in [6.45, 7) is 1.85. The molecule has 0 saturated carbocycles. The lowest BCUT2D eigenvalue weighted by atomic mass is 10.1. The van der Waals surface area contributed by atoms with Gasteiger partial charge in [-0.1, -0.05) is 11.8 Å². The van der Waals surface area contributed by atoms with Crippen LogP contribution in [0.3, 0.4) is 0 Å². The Morgan fingerprint density at radius 3 is 2.27 bits per heavy atom. The van der Waals surface area contributed by atoms with Gasteiger partial charge in [0.1, 0.15) is 45.1 Å². The minimum atomic E-state index is -0.672. The first-order valence-corrected chi connectivity index (χ1v) is 10.8. The summed E-state index contributed by atoms with van der Waals surface area (Å²) in [4.78, 5) is 17.7. The van der Waals surface area contributed by atoms with Crippen molar-refractivity contribution in [3.63, 3.8) is 0 Å². The average molecular weight is 472 g/mol. The number of ether oxygens (including phenoxy) is 5. The summed E-state index contributed by atoms with van der Waals surface area (Å²) in [6.07, 6.45) is 1.70. The van der Waals surface area contributed by atoms with E-state index in [0.29, 0.717) is 39.2 Å². The van der Waals surface area contributed by atoms with Gasteiger partial charge in [-0.3, -0.25) is 0 Å². The number of rotatable bonds is 8. The Kier molecular flexibility index (Phi) is 7.89. The van der Waals surface area contributed by atoms with Gasteiger partial charge in [0.25, 0.3) is 0 Å². The summed E-state index contributed by atoms with van der Waals surface area (Å²) >= 11 is 1.14. The van der Waals surface area contributed by atoms with E-state index in [-0.39, 0.29) is 23.0 Å². The predicted molar refractivity (Wildman–Crippen MR) is 128 cm³/mol. The fourth-order valence-electron chi connectivity index (χ4n) is 3.07. The lowest BCUT2D eigenvalue weighted by Crippen LogP contribution is -2.12. The van der Waals surface area contributed by atoms with Gasteiger partial charge in [0.2, 0.25) is 0 Å². The van der Waals surface area contributed by atoms with Crippen LogP contribution in [-0.2, 0) is 9.53 Å². The molecule has 3 rings (SSSR count). The molecule has 174 valence electrons. The molecular weight excluding hydrogens is 446 g/mol. The van der Waals surface area contributed by atoms with E-state index in [1.165, 1.54) is 7.11 Å². The van der Waals surface area contributed by atoms with Gasteiger partial charge in [0.15, 0.2) is 0 Å². The second-order valence-corrected chi connectivity index (χ2v) is 7.65. The Morgan fingerprint density at radius 2 is 1.64 bits per heavy atom. The Bertz CT molecular complexity index is 1140. The lowest BCUT2D eigenvalue weighted by molar-refractivity contribution is -0.138. The highest BCUT2D eigenvalue weighted by Gasteiger charge is 2.33. The van der Waals surface area contributed by atoms with Crippen molar-refractivity contribution in [1.82, 2.24) is 0 Å². The molecule has 1 N–H and O–H groups in total. The Hall–Kier alpha value is -3.59. The molecule has 0 unspecified atom stereocenters. The van der Waals surface area contributed by atoms with Gasteiger partial charge in [-0.2, -0.15) is 0 Å². The Balaban J connectivity index is 2.12. The number of carbonyl (C=O) groups is 1. The maximum atomic E-state index is 12.7. The molecule has 1 aliphatic heterocycles. The van der Waals surface area contributed by atoms with Crippen LogP contribution in [0.1, 0.15) is 12.5 Å². The van der Waals surface area contributed by atoms with Gasteiger partial charge in [0.05, 0.1) is 40.0 Å². The summed E-state index contributed by atoms with van der Waals surface area (Å²) in [6, 6.07) is 10.4. The maximum Gasteiger partial charge on any atom is 0.344 e. The summed E-state index contributed by atoms with van der Waals surface area (Å²) in [5.41, 5.74) is 1.11. The van der Waals surface area contributed by atoms with E-state index in [4.69, 9.17) is 23.7 Å². The summed E-state index contributed by atoms with van der Waals surface area (Å²) in [5.74, 6) is 1.36. The van der Waals surface area contributed by atoms with E-state index in [1.54, 1.807) is 70.7 Å². The first kappa shape index (κ1) is 24.1. The molecule has 1 aliphatic rings. The Morgan fingerprint density at radius 1 is 0.970 bits per heavy atom. The van der Waals surface area contributed by atoms with Crippen LogP contribution in [0, 0.1) is 0 Å². The van der Waals surface area contributed by atoms with Crippen LogP contribution in [0.15, 0.2) is 57.6 Å². The molecule has 0 aliphatic carbocycles. The molecule has 8 nitrogen and oxygen atoms in total. The number of benzene rings is 2. The minimum absolute atomic E-state index is 0.0205. The van der Waals surface area contributed by atoms with E-state index in [1.807, 2.05) is 0 Å². The van der Waals surface area contributed by atoms with Crippen LogP contribution in [0.25, 0.3) is 6.08 Å². The molecule has 0 atom stereocenters. The van der Waals surface area contributed by atoms with Crippen molar-refractivity contribution in [3.05, 3.63) is 58.2 Å². The van der Waals surface area contributed by atoms with E-state index in [2.05, 4.69) is 4.99 Å². The molecule has 0 spiro atoms.